The van der Waals surface area contributed by atoms with Gasteiger partial charge < -0.3 is 20.1 Å². The molecule has 6 heteroatoms. The number of allylic oxidation sites excluding steroid dienone is 2. The number of ether oxygens (including phenoxy) is 2. The SMILES string of the molecule is CCOC(=O)C1=C(C)OC(N)=C(C#N)C1c1ccc(N(C)c2ccc(C)cc2)cc1. The highest BCUT2D eigenvalue weighted by molar-refractivity contribution is 5.92. The minimum atomic E-state index is -0.637. The van der Waals surface area contributed by atoms with E-state index in [0.29, 0.717) is 11.3 Å². The van der Waals surface area contributed by atoms with E-state index in [1.54, 1.807) is 13.8 Å². The number of rotatable bonds is 5. The Balaban J connectivity index is 1.99. The molecule has 0 radical (unpaired) electrons. The maximum Gasteiger partial charge on any atom is 0.338 e. The van der Waals surface area contributed by atoms with Gasteiger partial charge in [0.15, 0.2) is 0 Å². The number of aryl methyl sites for hydroxylation is 1. The van der Waals surface area contributed by atoms with Gasteiger partial charge in [0, 0.05) is 18.4 Å². The van der Waals surface area contributed by atoms with E-state index in [1.807, 2.05) is 31.3 Å². The predicted octanol–water partition coefficient (Wildman–Crippen LogP) is 4.41. The molecule has 2 N–H and O–H groups in total. The number of benzene rings is 2. The molecule has 1 atom stereocenters. The van der Waals surface area contributed by atoms with Gasteiger partial charge in [-0.2, -0.15) is 5.26 Å². The van der Waals surface area contributed by atoms with Gasteiger partial charge in [0.1, 0.15) is 17.4 Å². The zero-order valence-electron chi connectivity index (χ0n) is 17.6. The van der Waals surface area contributed by atoms with Crippen molar-refractivity contribution in [3.8, 4) is 6.07 Å². The van der Waals surface area contributed by atoms with Gasteiger partial charge in [0.2, 0.25) is 5.88 Å². The number of nitrogens with two attached hydrogens (primary N) is 1. The molecule has 30 heavy (non-hydrogen) atoms. The first-order valence-electron chi connectivity index (χ1n) is 9.73. The Morgan fingerprint density at radius 3 is 2.23 bits per heavy atom. The lowest BCUT2D eigenvalue weighted by Crippen LogP contribution is -2.25. The van der Waals surface area contributed by atoms with E-state index < -0.39 is 11.9 Å². The van der Waals surface area contributed by atoms with Crippen LogP contribution in [-0.2, 0) is 14.3 Å². The third-order valence-corrected chi connectivity index (χ3v) is 5.14. The van der Waals surface area contributed by atoms with Crippen LogP contribution in [0.4, 0.5) is 11.4 Å². The van der Waals surface area contributed by atoms with Crippen molar-refractivity contribution in [3.63, 3.8) is 0 Å². The summed E-state index contributed by atoms with van der Waals surface area (Å²) in [4.78, 5) is 14.7. The van der Waals surface area contributed by atoms with Gasteiger partial charge in [-0.05, 0) is 50.6 Å². The van der Waals surface area contributed by atoms with E-state index in [1.165, 1.54) is 5.56 Å². The lowest BCUT2D eigenvalue weighted by atomic mass is 9.83. The molecule has 0 amide bonds. The third kappa shape index (κ3) is 4.01. The first-order chi connectivity index (χ1) is 14.4. The van der Waals surface area contributed by atoms with Crippen LogP contribution in [0.25, 0.3) is 0 Å². The molecule has 1 aliphatic rings. The number of nitrogens with zero attached hydrogens (tertiary/aromatic N) is 2. The highest BCUT2D eigenvalue weighted by Crippen LogP contribution is 2.40. The van der Waals surface area contributed by atoms with Crippen molar-refractivity contribution in [2.75, 3.05) is 18.6 Å². The van der Waals surface area contributed by atoms with Crippen molar-refractivity contribution in [2.45, 2.75) is 26.7 Å². The first-order valence-corrected chi connectivity index (χ1v) is 9.73. The summed E-state index contributed by atoms with van der Waals surface area (Å²) in [6.07, 6.45) is 0. The van der Waals surface area contributed by atoms with Crippen molar-refractivity contribution < 1.29 is 14.3 Å². The Morgan fingerprint density at radius 1 is 1.13 bits per heavy atom. The van der Waals surface area contributed by atoms with Gasteiger partial charge in [0.05, 0.1) is 18.1 Å². The van der Waals surface area contributed by atoms with Crippen LogP contribution in [0.3, 0.4) is 0 Å². The smallest absolute Gasteiger partial charge is 0.338 e. The summed E-state index contributed by atoms with van der Waals surface area (Å²) in [5, 5.41) is 9.67. The molecule has 6 nitrogen and oxygen atoms in total. The molecule has 2 aromatic rings. The van der Waals surface area contributed by atoms with Crippen LogP contribution in [0.2, 0.25) is 0 Å². The Bertz CT molecular complexity index is 1040. The van der Waals surface area contributed by atoms with Crippen molar-refractivity contribution >= 4 is 17.3 Å². The summed E-state index contributed by atoms with van der Waals surface area (Å²) in [6.45, 7) is 5.66. The Hall–Kier alpha value is -3.72. The number of carbonyl (C=O) groups is 1. The molecule has 0 saturated carbocycles. The third-order valence-electron chi connectivity index (χ3n) is 5.14. The average molecular weight is 403 g/mol. The summed E-state index contributed by atoms with van der Waals surface area (Å²) in [7, 11) is 1.99. The van der Waals surface area contributed by atoms with Crippen LogP contribution in [-0.4, -0.2) is 19.6 Å². The highest BCUT2D eigenvalue weighted by Gasteiger charge is 2.36. The average Bonchev–Trinajstić information content (AvgIpc) is 2.73. The van der Waals surface area contributed by atoms with E-state index in [-0.39, 0.29) is 18.1 Å². The zero-order chi connectivity index (χ0) is 21.8. The fourth-order valence-corrected chi connectivity index (χ4v) is 3.50. The monoisotopic (exact) mass is 403 g/mol. The summed E-state index contributed by atoms with van der Waals surface area (Å²) in [5.74, 6) is -0.799. The lowest BCUT2D eigenvalue weighted by molar-refractivity contribution is -0.139. The Kier molecular flexibility index (Phi) is 6.12. The Labute approximate surface area is 176 Å². The standard InChI is InChI=1S/C24H25N3O3/c1-5-29-24(28)21-16(3)30-23(26)20(14-25)22(21)17-8-12-19(13-9-17)27(4)18-10-6-15(2)7-11-18/h6-13,22H,5,26H2,1-4H3. The molecule has 0 aromatic heterocycles. The molecule has 0 fully saturated rings. The molecule has 0 aliphatic carbocycles. The first kappa shape index (κ1) is 21.0. The molecular weight excluding hydrogens is 378 g/mol. The molecule has 0 saturated heterocycles. The molecule has 1 aliphatic heterocycles. The van der Waals surface area contributed by atoms with Gasteiger partial charge >= 0.3 is 5.97 Å². The Morgan fingerprint density at radius 2 is 1.70 bits per heavy atom. The number of hydrogen-bond donors (Lipinski definition) is 1. The van der Waals surface area contributed by atoms with Crippen molar-refractivity contribution in [2.24, 2.45) is 5.73 Å². The summed E-state index contributed by atoms with van der Waals surface area (Å²) < 4.78 is 10.7. The second kappa shape index (κ2) is 8.75. The highest BCUT2D eigenvalue weighted by atomic mass is 16.5. The molecular formula is C24H25N3O3. The second-order valence-electron chi connectivity index (χ2n) is 7.10. The van der Waals surface area contributed by atoms with E-state index >= 15 is 0 Å². The number of hydrogen-bond acceptors (Lipinski definition) is 6. The second-order valence-corrected chi connectivity index (χ2v) is 7.10. The van der Waals surface area contributed by atoms with E-state index in [2.05, 4.69) is 42.2 Å². The molecule has 0 spiro atoms. The minimum Gasteiger partial charge on any atom is -0.463 e. The van der Waals surface area contributed by atoms with Crippen molar-refractivity contribution in [1.29, 1.82) is 5.26 Å². The van der Waals surface area contributed by atoms with E-state index in [4.69, 9.17) is 15.2 Å². The van der Waals surface area contributed by atoms with Crippen LogP contribution in [0.15, 0.2) is 71.3 Å². The van der Waals surface area contributed by atoms with Gasteiger partial charge in [0.25, 0.3) is 0 Å². The van der Waals surface area contributed by atoms with Crippen LogP contribution >= 0.6 is 0 Å². The van der Waals surface area contributed by atoms with E-state index in [9.17, 15) is 10.1 Å². The predicted molar refractivity (Wildman–Crippen MR) is 116 cm³/mol. The number of nitriles is 1. The van der Waals surface area contributed by atoms with E-state index in [0.717, 1.165) is 16.9 Å². The van der Waals surface area contributed by atoms with Crippen LogP contribution in [0.5, 0.6) is 0 Å². The quantitative estimate of drug-likeness (QED) is 0.744. The van der Waals surface area contributed by atoms with Gasteiger partial charge in [-0.1, -0.05) is 29.8 Å². The fraction of sp³-hybridized carbons (Fsp3) is 0.250. The summed E-state index contributed by atoms with van der Waals surface area (Å²) >= 11 is 0. The molecule has 3 rings (SSSR count). The maximum absolute atomic E-state index is 12.6. The van der Waals surface area contributed by atoms with Crippen molar-refractivity contribution in [3.05, 3.63) is 82.4 Å². The molecule has 0 bridgehead atoms. The van der Waals surface area contributed by atoms with Crippen LogP contribution < -0.4 is 10.6 Å². The molecule has 1 heterocycles. The summed E-state index contributed by atoms with van der Waals surface area (Å²) in [6, 6.07) is 18.0. The number of esters is 1. The largest absolute Gasteiger partial charge is 0.463 e. The van der Waals surface area contributed by atoms with Crippen molar-refractivity contribution in [1.82, 2.24) is 0 Å². The summed E-state index contributed by atoms with van der Waals surface area (Å²) in [5.41, 5.74) is 10.4. The zero-order valence-corrected chi connectivity index (χ0v) is 17.6. The normalized spacial score (nSPS) is 16.0. The van der Waals surface area contributed by atoms with Gasteiger partial charge in [-0.3, -0.25) is 0 Å². The van der Waals surface area contributed by atoms with Crippen LogP contribution in [0, 0.1) is 18.3 Å². The number of carbonyl (C=O) groups excluding carboxylic acids is 1. The maximum atomic E-state index is 12.6. The van der Waals surface area contributed by atoms with Gasteiger partial charge in [-0.15, -0.1) is 0 Å². The lowest BCUT2D eigenvalue weighted by Gasteiger charge is -2.27. The minimum absolute atomic E-state index is 0.00824. The molecule has 2 aromatic carbocycles. The van der Waals surface area contributed by atoms with Gasteiger partial charge in [-0.25, -0.2) is 4.79 Å². The van der Waals surface area contributed by atoms with Crippen LogP contribution in [0.1, 0.15) is 30.9 Å². The molecule has 154 valence electrons. The number of anilines is 2. The topological polar surface area (TPSA) is 88.6 Å². The fourth-order valence-electron chi connectivity index (χ4n) is 3.50. The molecule has 1 unspecified atom stereocenters.